The van der Waals surface area contributed by atoms with E-state index in [9.17, 15) is 22.3 Å². The zero-order valence-electron chi connectivity index (χ0n) is 12.9. The molecule has 6 nitrogen and oxygen atoms in total. The number of sulfonamides is 1. The molecule has 0 fully saturated rings. The van der Waals surface area contributed by atoms with Crippen LogP contribution in [0.4, 0.5) is 8.78 Å². The third kappa shape index (κ3) is 3.89. The van der Waals surface area contributed by atoms with Crippen LogP contribution >= 0.6 is 0 Å². The Bertz CT molecular complexity index is 888. The maximum absolute atomic E-state index is 13.6. The highest BCUT2D eigenvalue weighted by atomic mass is 32.2. The first-order valence-corrected chi connectivity index (χ1v) is 8.87. The molecule has 0 aromatic heterocycles. The van der Waals surface area contributed by atoms with Crippen molar-refractivity contribution in [3.8, 4) is 11.5 Å². The maximum Gasteiger partial charge on any atom is 0.243 e. The predicted octanol–water partition coefficient (Wildman–Crippen LogP) is 2.10. The number of ether oxygens (including phenoxy) is 2. The van der Waals surface area contributed by atoms with Gasteiger partial charge in [-0.3, -0.25) is 0 Å². The summed E-state index contributed by atoms with van der Waals surface area (Å²) in [5.74, 6) is -0.965. The smallest absolute Gasteiger partial charge is 0.243 e. The molecule has 0 radical (unpaired) electrons. The molecule has 1 aliphatic rings. The third-order valence-corrected chi connectivity index (χ3v) is 5.17. The van der Waals surface area contributed by atoms with Gasteiger partial charge in [-0.1, -0.05) is 6.07 Å². The van der Waals surface area contributed by atoms with E-state index in [4.69, 9.17) is 9.47 Å². The van der Waals surface area contributed by atoms with Crippen molar-refractivity contribution in [3.63, 3.8) is 0 Å². The van der Waals surface area contributed by atoms with Crippen LogP contribution in [0.5, 0.6) is 11.5 Å². The Balaban J connectivity index is 1.62. The number of aliphatic hydroxyl groups excluding tert-OH is 1. The minimum absolute atomic E-state index is 0.0572. The van der Waals surface area contributed by atoms with Crippen LogP contribution in [0.1, 0.15) is 18.1 Å². The molecule has 1 heterocycles. The Morgan fingerprint density at radius 1 is 1.12 bits per heavy atom. The molecule has 134 valence electrons. The molecule has 3 rings (SSSR count). The van der Waals surface area contributed by atoms with Gasteiger partial charge < -0.3 is 14.6 Å². The number of hydrogen-bond acceptors (Lipinski definition) is 5. The molecule has 1 atom stereocenters. The van der Waals surface area contributed by atoms with E-state index >= 15 is 0 Å². The molecule has 0 saturated carbocycles. The van der Waals surface area contributed by atoms with E-state index in [0.29, 0.717) is 23.1 Å². The van der Waals surface area contributed by atoms with Crippen LogP contribution < -0.4 is 14.2 Å². The molecule has 0 aliphatic carbocycles. The van der Waals surface area contributed by atoms with Gasteiger partial charge in [-0.05, 0) is 36.2 Å². The van der Waals surface area contributed by atoms with Crippen molar-refractivity contribution < 1.29 is 31.8 Å². The Hall–Kier alpha value is -2.23. The van der Waals surface area contributed by atoms with Gasteiger partial charge in [-0.15, -0.1) is 0 Å². The number of hydrogen-bond donors (Lipinski definition) is 2. The second-order valence-electron chi connectivity index (χ2n) is 5.39. The van der Waals surface area contributed by atoms with E-state index in [2.05, 4.69) is 4.72 Å². The molecule has 0 saturated heterocycles. The topological polar surface area (TPSA) is 84.9 Å². The highest BCUT2D eigenvalue weighted by Crippen LogP contribution is 2.34. The molecule has 0 bridgehead atoms. The summed E-state index contributed by atoms with van der Waals surface area (Å²) in [5, 5.41) is 10.2. The summed E-state index contributed by atoms with van der Waals surface area (Å²) in [4.78, 5) is -0.647. The molecular weight excluding hydrogens is 356 g/mol. The fourth-order valence-electron chi connectivity index (χ4n) is 2.39. The van der Waals surface area contributed by atoms with Gasteiger partial charge in [0.05, 0.1) is 6.10 Å². The Morgan fingerprint density at radius 2 is 1.88 bits per heavy atom. The van der Waals surface area contributed by atoms with Crippen LogP contribution in [0.3, 0.4) is 0 Å². The molecule has 2 aromatic rings. The second-order valence-corrected chi connectivity index (χ2v) is 7.13. The van der Waals surface area contributed by atoms with Crippen molar-refractivity contribution in [3.05, 3.63) is 53.6 Å². The fourth-order valence-corrected chi connectivity index (χ4v) is 3.49. The number of halogens is 2. The van der Waals surface area contributed by atoms with Crippen LogP contribution in [0.15, 0.2) is 41.3 Å². The Labute approximate surface area is 143 Å². The van der Waals surface area contributed by atoms with Gasteiger partial charge in [0.15, 0.2) is 11.5 Å². The molecule has 25 heavy (non-hydrogen) atoms. The van der Waals surface area contributed by atoms with E-state index < -0.39 is 32.7 Å². The van der Waals surface area contributed by atoms with E-state index in [1.54, 1.807) is 18.2 Å². The fraction of sp³-hybridized carbons (Fsp3) is 0.250. The van der Waals surface area contributed by atoms with Gasteiger partial charge in [-0.2, -0.15) is 0 Å². The van der Waals surface area contributed by atoms with E-state index in [1.165, 1.54) is 0 Å². The average Bonchev–Trinajstić information content (AvgIpc) is 3.01. The zero-order chi connectivity index (χ0) is 18.0. The van der Waals surface area contributed by atoms with Crippen LogP contribution in [-0.4, -0.2) is 26.9 Å². The zero-order valence-corrected chi connectivity index (χ0v) is 13.7. The van der Waals surface area contributed by atoms with Crippen molar-refractivity contribution in [2.75, 3.05) is 13.3 Å². The van der Waals surface area contributed by atoms with Crippen LogP contribution in [0.2, 0.25) is 0 Å². The van der Waals surface area contributed by atoms with E-state index in [-0.39, 0.29) is 19.8 Å². The van der Waals surface area contributed by atoms with Crippen molar-refractivity contribution in [2.45, 2.75) is 17.4 Å². The first-order chi connectivity index (χ1) is 11.9. The summed E-state index contributed by atoms with van der Waals surface area (Å²) in [6.45, 7) is -0.0212. The number of benzene rings is 2. The first-order valence-electron chi connectivity index (χ1n) is 7.39. The minimum atomic E-state index is -4.14. The molecule has 2 aromatic carbocycles. The van der Waals surface area contributed by atoms with E-state index in [1.807, 2.05) is 0 Å². The second kappa shape index (κ2) is 6.95. The lowest BCUT2D eigenvalue weighted by Crippen LogP contribution is -2.26. The average molecular weight is 371 g/mol. The Morgan fingerprint density at radius 3 is 2.64 bits per heavy atom. The standard InChI is InChI=1S/C16H15F2NO5S/c17-11-2-4-16(12(18)8-11)25(21,22)19-6-5-13(20)10-1-3-14-15(7-10)24-9-23-14/h1-4,7-8,13,19-20H,5-6,9H2. The number of fused-ring (bicyclic) bond motifs is 1. The molecule has 9 heteroatoms. The van der Waals surface area contributed by atoms with Crippen molar-refractivity contribution in [2.24, 2.45) is 0 Å². The molecule has 0 spiro atoms. The predicted molar refractivity (Wildman–Crippen MR) is 83.7 cm³/mol. The minimum Gasteiger partial charge on any atom is -0.454 e. The third-order valence-electron chi connectivity index (χ3n) is 3.67. The van der Waals surface area contributed by atoms with Gasteiger partial charge in [-0.25, -0.2) is 21.9 Å². The number of rotatable bonds is 6. The normalized spacial score (nSPS) is 14.5. The van der Waals surface area contributed by atoms with Gasteiger partial charge in [0, 0.05) is 12.6 Å². The van der Waals surface area contributed by atoms with E-state index in [0.717, 1.165) is 12.1 Å². The monoisotopic (exact) mass is 371 g/mol. The summed E-state index contributed by atoms with van der Waals surface area (Å²) in [5.41, 5.74) is 0.538. The van der Waals surface area contributed by atoms with Gasteiger partial charge in [0.2, 0.25) is 16.8 Å². The summed E-state index contributed by atoms with van der Waals surface area (Å²) < 4.78 is 63.1. The van der Waals surface area contributed by atoms with Crippen molar-refractivity contribution in [1.82, 2.24) is 4.72 Å². The lowest BCUT2D eigenvalue weighted by Gasteiger charge is -2.13. The lowest BCUT2D eigenvalue weighted by atomic mass is 10.1. The lowest BCUT2D eigenvalue weighted by molar-refractivity contribution is 0.166. The highest BCUT2D eigenvalue weighted by Gasteiger charge is 2.21. The summed E-state index contributed by atoms with van der Waals surface area (Å²) in [7, 11) is -4.14. The van der Waals surface area contributed by atoms with Crippen LogP contribution in [0.25, 0.3) is 0 Å². The molecule has 2 N–H and O–H groups in total. The van der Waals surface area contributed by atoms with Crippen molar-refractivity contribution in [1.29, 1.82) is 0 Å². The van der Waals surface area contributed by atoms with Crippen molar-refractivity contribution >= 4 is 10.0 Å². The molecular formula is C16H15F2NO5S. The Kier molecular flexibility index (Phi) is 4.89. The molecule has 0 amide bonds. The molecule has 1 aliphatic heterocycles. The summed E-state index contributed by atoms with van der Waals surface area (Å²) in [6, 6.07) is 7.11. The number of aliphatic hydroxyl groups is 1. The number of nitrogens with one attached hydrogen (secondary N) is 1. The van der Waals surface area contributed by atoms with Crippen LogP contribution in [-0.2, 0) is 10.0 Å². The molecule has 1 unspecified atom stereocenters. The van der Waals surface area contributed by atoms with Gasteiger partial charge >= 0.3 is 0 Å². The largest absolute Gasteiger partial charge is 0.454 e. The SMILES string of the molecule is O=S(=O)(NCCC(O)c1ccc2c(c1)OCO2)c1ccc(F)cc1F. The quantitative estimate of drug-likeness (QED) is 0.812. The summed E-state index contributed by atoms with van der Waals surface area (Å²) >= 11 is 0. The maximum atomic E-state index is 13.6. The summed E-state index contributed by atoms with van der Waals surface area (Å²) in [6.07, 6.45) is -0.892. The van der Waals surface area contributed by atoms with Gasteiger partial charge in [0.25, 0.3) is 0 Å². The first kappa shape index (κ1) is 17.6. The highest BCUT2D eigenvalue weighted by molar-refractivity contribution is 7.89. The van der Waals surface area contributed by atoms with Crippen LogP contribution in [0, 0.1) is 11.6 Å². The van der Waals surface area contributed by atoms with Gasteiger partial charge in [0.1, 0.15) is 16.5 Å².